The van der Waals surface area contributed by atoms with Crippen molar-refractivity contribution < 1.29 is 9.28 Å². The molecule has 2 N–H and O–H groups in total. The first kappa shape index (κ1) is 6.43. The van der Waals surface area contributed by atoms with E-state index in [9.17, 15) is 4.79 Å². The fourth-order valence-corrected chi connectivity index (χ4v) is 0. The van der Waals surface area contributed by atoms with Gasteiger partial charge in [0, 0.05) is 0 Å². The number of hydrogen-bond donors (Lipinski definition) is 1. The van der Waals surface area contributed by atoms with Crippen LogP contribution >= 0.6 is 0 Å². The van der Waals surface area contributed by atoms with Gasteiger partial charge < -0.3 is 5.73 Å². The molecule has 0 aliphatic rings. The molecule has 0 aliphatic carbocycles. The molecule has 0 aromatic heterocycles. The molecule has 3 nitrogen and oxygen atoms in total. The lowest BCUT2D eigenvalue weighted by molar-refractivity contribution is -0.785. The zero-order valence-electron chi connectivity index (χ0n) is 4.93. The third-order valence-electron chi connectivity index (χ3n) is 0.661. The average Bonchev–Trinajstić information content (AvgIpc) is 1.31. The Labute approximate surface area is 43.3 Å². The van der Waals surface area contributed by atoms with Crippen LogP contribution in [0.25, 0.3) is 0 Å². The molecule has 42 valence electrons. The predicted octanol–water partition coefficient (Wildman–Crippen LogP) is -0.229. The summed E-state index contributed by atoms with van der Waals surface area (Å²) in [4.78, 5) is 10.2. The molecule has 0 saturated carbocycles. The molecule has 0 aromatic rings. The molecule has 0 aliphatic heterocycles. The van der Waals surface area contributed by atoms with Crippen molar-refractivity contribution in [3.63, 3.8) is 0 Å². The molecule has 0 aromatic carbocycles. The minimum absolute atomic E-state index is 0.194. The lowest BCUT2D eigenvalue weighted by Gasteiger charge is -2.16. The molecule has 7 heavy (non-hydrogen) atoms. The first-order valence-electron chi connectivity index (χ1n) is 2.06. The second kappa shape index (κ2) is 1.50. The number of nitrogens with two attached hydrogens (primary N) is 1. The van der Waals surface area contributed by atoms with Crippen molar-refractivity contribution in [2.45, 2.75) is 0 Å². The van der Waals surface area contributed by atoms with Crippen molar-refractivity contribution in [2.75, 3.05) is 21.1 Å². The van der Waals surface area contributed by atoms with Gasteiger partial charge in [0.2, 0.25) is 0 Å². The van der Waals surface area contributed by atoms with Gasteiger partial charge in [-0.1, -0.05) is 0 Å². The summed E-state index contributed by atoms with van der Waals surface area (Å²) in [6, 6.07) is -0.319. The highest BCUT2D eigenvalue weighted by molar-refractivity contribution is 5.63. The van der Waals surface area contributed by atoms with E-state index in [-0.39, 0.29) is 10.5 Å². The Kier molecular flexibility index (Phi) is 1.38. The van der Waals surface area contributed by atoms with Gasteiger partial charge in [0.1, 0.15) is 0 Å². The minimum atomic E-state index is -0.319. The number of hydrogen-bond acceptors (Lipinski definition) is 1. The normalized spacial score (nSPS) is 11.3. The van der Waals surface area contributed by atoms with Gasteiger partial charge in [-0.25, -0.2) is 9.28 Å². The summed E-state index contributed by atoms with van der Waals surface area (Å²) in [7, 11) is 5.17. The minimum Gasteiger partial charge on any atom is -0.319 e. The summed E-state index contributed by atoms with van der Waals surface area (Å²) in [5.41, 5.74) is 4.90. The summed E-state index contributed by atoms with van der Waals surface area (Å²) >= 11 is 0. The molecule has 0 fully saturated rings. The third-order valence-corrected chi connectivity index (χ3v) is 0.661. The number of carbonyl (C=O) groups excluding carboxylic acids is 1. The number of carbonyl (C=O) groups is 1. The topological polar surface area (TPSA) is 43.1 Å². The van der Waals surface area contributed by atoms with Crippen molar-refractivity contribution >= 4 is 6.03 Å². The van der Waals surface area contributed by atoms with Gasteiger partial charge in [-0.05, 0) is 0 Å². The Morgan fingerprint density at radius 3 is 1.57 bits per heavy atom. The van der Waals surface area contributed by atoms with Crippen molar-refractivity contribution in [1.82, 2.24) is 0 Å². The van der Waals surface area contributed by atoms with Crippen molar-refractivity contribution in [3.8, 4) is 0 Å². The molecule has 0 radical (unpaired) electrons. The van der Waals surface area contributed by atoms with Crippen molar-refractivity contribution in [2.24, 2.45) is 5.73 Å². The number of rotatable bonds is 0. The number of primary amides is 1. The summed E-state index contributed by atoms with van der Waals surface area (Å²) in [5.74, 6) is 0. The summed E-state index contributed by atoms with van der Waals surface area (Å²) in [5, 5.41) is 0. The van der Waals surface area contributed by atoms with Crippen LogP contribution in [0.4, 0.5) is 4.79 Å². The molecule has 3 heteroatoms. The molecule has 0 rings (SSSR count). The van der Waals surface area contributed by atoms with Gasteiger partial charge in [-0.15, -0.1) is 0 Å². The van der Waals surface area contributed by atoms with E-state index in [0.29, 0.717) is 0 Å². The molecule has 0 bridgehead atoms. The molecule has 2 amide bonds. The molecule has 0 unspecified atom stereocenters. The number of quaternary nitrogens is 1. The van der Waals surface area contributed by atoms with Crippen LogP contribution < -0.4 is 5.73 Å². The maximum Gasteiger partial charge on any atom is 0.413 e. The van der Waals surface area contributed by atoms with Gasteiger partial charge >= 0.3 is 6.03 Å². The largest absolute Gasteiger partial charge is 0.413 e. The zero-order chi connectivity index (χ0) is 6.08. The highest BCUT2D eigenvalue weighted by atomic mass is 16.2. The molecule has 0 saturated heterocycles. The lowest BCUT2D eigenvalue weighted by Crippen LogP contribution is -2.45. The van der Waals surface area contributed by atoms with E-state index in [0.717, 1.165) is 0 Å². The maximum atomic E-state index is 10.2. The molecular formula is C4H11N2O+. The summed E-state index contributed by atoms with van der Waals surface area (Å²) < 4.78 is 0.194. The molecular weight excluding hydrogens is 92.1 g/mol. The van der Waals surface area contributed by atoms with Gasteiger partial charge in [0.05, 0.1) is 21.1 Å². The molecule has 0 spiro atoms. The van der Waals surface area contributed by atoms with E-state index >= 15 is 0 Å². The van der Waals surface area contributed by atoms with E-state index in [1.807, 2.05) is 0 Å². The van der Waals surface area contributed by atoms with Gasteiger partial charge in [-0.2, -0.15) is 0 Å². The van der Waals surface area contributed by atoms with Crippen LogP contribution in [0.5, 0.6) is 0 Å². The van der Waals surface area contributed by atoms with Gasteiger partial charge in [-0.3, -0.25) is 0 Å². The SMILES string of the molecule is C[N+](C)(C)C(N)=O. The van der Waals surface area contributed by atoms with Crippen molar-refractivity contribution in [1.29, 1.82) is 0 Å². The van der Waals surface area contributed by atoms with E-state index in [4.69, 9.17) is 5.73 Å². The quantitative estimate of drug-likeness (QED) is 0.423. The number of nitrogens with zero attached hydrogens (tertiary/aromatic N) is 1. The monoisotopic (exact) mass is 103 g/mol. The van der Waals surface area contributed by atoms with E-state index < -0.39 is 0 Å². The van der Waals surface area contributed by atoms with Crippen LogP contribution in [0, 0.1) is 0 Å². The second-order valence-electron chi connectivity index (χ2n) is 2.35. The second-order valence-corrected chi connectivity index (χ2v) is 2.35. The van der Waals surface area contributed by atoms with Crippen molar-refractivity contribution in [3.05, 3.63) is 0 Å². The first-order valence-corrected chi connectivity index (χ1v) is 2.06. The molecule has 0 heterocycles. The van der Waals surface area contributed by atoms with Crippen LogP contribution in [0.15, 0.2) is 0 Å². The van der Waals surface area contributed by atoms with Gasteiger partial charge in [0.15, 0.2) is 0 Å². The summed E-state index contributed by atoms with van der Waals surface area (Å²) in [6.45, 7) is 0. The Balaban J connectivity index is 3.79. The highest BCUT2D eigenvalue weighted by Crippen LogP contribution is 1.84. The number of amides is 2. The standard InChI is InChI=1S/C4H10N2O/c1-6(2,3)4(5)7/h1-3H3,(H-,5,7)/p+1. The Morgan fingerprint density at radius 1 is 1.43 bits per heavy atom. The van der Waals surface area contributed by atoms with E-state index in [1.54, 1.807) is 21.1 Å². The Bertz CT molecular complexity index is 82.2. The predicted molar refractivity (Wildman–Crippen MR) is 27.6 cm³/mol. The third kappa shape index (κ3) is 2.17. The summed E-state index contributed by atoms with van der Waals surface area (Å²) in [6.07, 6.45) is 0. The number of urea groups is 1. The van der Waals surface area contributed by atoms with Gasteiger partial charge in [0.25, 0.3) is 0 Å². The molecule has 0 atom stereocenters. The van der Waals surface area contributed by atoms with Crippen LogP contribution in [-0.4, -0.2) is 31.7 Å². The maximum absolute atomic E-state index is 10.2. The van der Waals surface area contributed by atoms with E-state index in [1.165, 1.54) is 0 Å². The van der Waals surface area contributed by atoms with Crippen LogP contribution in [0.2, 0.25) is 0 Å². The van der Waals surface area contributed by atoms with Crippen LogP contribution in [0.1, 0.15) is 0 Å². The average molecular weight is 103 g/mol. The van der Waals surface area contributed by atoms with E-state index in [2.05, 4.69) is 0 Å². The fraction of sp³-hybridized carbons (Fsp3) is 0.750. The lowest BCUT2D eigenvalue weighted by atomic mass is 10.7. The highest BCUT2D eigenvalue weighted by Gasteiger charge is 2.13. The smallest absolute Gasteiger partial charge is 0.319 e. The Hall–Kier alpha value is -0.570. The zero-order valence-corrected chi connectivity index (χ0v) is 4.93. The fourth-order valence-electron chi connectivity index (χ4n) is 0. The van der Waals surface area contributed by atoms with Crippen LogP contribution in [-0.2, 0) is 0 Å². The Morgan fingerprint density at radius 2 is 1.57 bits per heavy atom. The van der Waals surface area contributed by atoms with Crippen LogP contribution in [0.3, 0.4) is 0 Å². The first-order chi connectivity index (χ1) is 2.94.